The lowest BCUT2D eigenvalue weighted by Crippen LogP contribution is -2.20. The van der Waals surface area contributed by atoms with Crippen LogP contribution in [0.4, 0.5) is 0 Å². The molecule has 0 aliphatic carbocycles. The van der Waals surface area contributed by atoms with E-state index in [1.807, 2.05) is 18.2 Å². The molecular weight excluding hydrogens is 548 g/mol. The molecule has 4 N–H and O–H groups in total. The van der Waals surface area contributed by atoms with Gasteiger partial charge in [0.05, 0.1) is 16.7 Å². The Hall–Kier alpha value is -5.87. The lowest BCUT2D eigenvalue weighted by Gasteiger charge is -2.19. The zero-order valence-electron chi connectivity index (χ0n) is 25.0. The molecule has 0 spiro atoms. The highest BCUT2D eigenvalue weighted by Gasteiger charge is 2.18. The highest BCUT2D eigenvalue weighted by Crippen LogP contribution is 2.39. The molecule has 0 saturated carbocycles. The normalized spacial score (nSPS) is 14.0. The number of benzene rings is 5. The Morgan fingerprint density at radius 2 is 1.69 bits per heavy atom. The molecule has 0 saturated heterocycles. The van der Waals surface area contributed by atoms with Crippen molar-refractivity contribution >= 4 is 55.3 Å². The topological polar surface area (TPSA) is 66.8 Å². The third-order valence-electron chi connectivity index (χ3n) is 8.58. The van der Waals surface area contributed by atoms with Crippen molar-refractivity contribution in [3.63, 3.8) is 0 Å². The highest BCUT2D eigenvalue weighted by atomic mass is 15.0. The highest BCUT2D eigenvalue weighted by molar-refractivity contribution is 6.19. The van der Waals surface area contributed by atoms with Crippen molar-refractivity contribution in [3.05, 3.63) is 169 Å². The van der Waals surface area contributed by atoms with Crippen molar-refractivity contribution in [2.75, 3.05) is 6.54 Å². The van der Waals surface area contributed by atoms with Gasteiger partial charge in [-0.3, -0.25) is 0 Å². The van der Waals surface area contributed by atoms with E-state index in [2.05, 4.69) is 126 Å². The molecule has 7 rings (SSSR count). The average Bonchev–Trinajstić information content (AvgIpc) is 3.42. The molecule has 1 aromatic heterocycles. The number of nitrogens with zero attached hydrogens (tertiary/aromatic N) is 1. The molecule has 4 heteroatoms. The SMILES string of the molecule is C=C/C=C(\C=N)C1=CC=C(c2ccc3c(ccc4c5ccc(C/C=C\C=C/N)cc5n(-c5cccc6ccccc56)c34)c2)NC1. The van der Waals surface area contributed by atoms with Gasteiger partial charge in [0.25, 0.3) is 0 Å². The predicted octanol–water partition coefficient (Wildman–Crippen LogP) is 9.29. The molecule has 1 aliphatic rings. The minimum Gasteiger partial charge on any atom is -0.405 e. The van der Waals surface area contributed by atoms with E-state index >= 15 is 0 Å². The van der Waals surface area contributed by atoms with Crippen LogP contribution < -0.4 is 11.1 Å². The quantitative estimate of drug-likeness (QED) is 0.124. The van der Waals surface area contributed by atoms with Gasteiger partial charge in [0, 0.05) is 40.0 Å². The van der Waals surface area contributed by atoms with Crippen molar-refractivity contribution in [3.8, 4) is 5.69 Å². The van der Waals surface area contributed by atoms with Crippen LogP contribution in [0, 0.1) is 5.41 Å². The molecule has 0 amide bonds. The van der Waals surface area contributed by atoms with Gasteiger partial charge in [-0.2, -0.15) is 0 Å². The minimum absolute atomic E-state index is 0.660. The second kappa shape index (κ2) is 12.0. The Morgan fingerprint density at radius 1 is 0.844 bits per heavy atom. The van der Waals surface area contributed by atoms with Gasteiger partial charge in [0.15, 0.2) is 0 Å². The number of fused-ring (bicyclic) bond motifs is 6. The van der Waals surface area contributed by atoms with Crippen LogP contribution >= 0.6 is 0 Å². The Balaban J connectivity index is 1.44. The summed E-state index contributed by atoms with van der Waals surface area (Å²) in [6, 6.07) is 33.3. The van der Waals surface area contributed by atoms with Crippen LogP contribution in [0.5, 0.6) is 0 Å². The monoisotopic (exact) mass is 582 g/mol. The van der Waals surface area contributed by atoms with E-state index in [0.29, 0.717) is 6.54 Å². The largest absolute Gasteiger partial charge is 0.405 e. The Morgan fingerprint density at radius 3 is 2.51 bits per heavy atom. The second-order valence-electron chi connectivity index (χ2n) is 11.2. The molecule has 0 unspecified atom stereocenters. The summed E-state index contributed by atoms with van der Waals surface area (Å²) < 4.78 is 2.46. The van der Waals surface area contributed by atoms with E-state index in [-0.39, 0.29) is 0 Å². The van der Waals surface area contributed by atoms with Crippen molar-refractivity contribution in [2.45, 2.75) is 6.42 Å². The van der Waals surface area contributed by atoms with Crippen LogP contribution in [0.25, 0.3) is 54.7 Å². The fraction of sp³-hybridized carbons (Fsp3) is 0.0488. The van der Waals surface area contributed by atoms with E-state index in [0.717, 1.165) is 28.8 Å². The maximum Gasteiger partial charge on any atom is 0.0619 e. The van der Waals surface area contributed by atoms with Crippen LogP contribution in [0.3, 0.4) is 0 Å². The number of rotatable bonds is 8. The fourth-order valence-corrected chi connectivity index (χ4v) is 6.44. The van der Waals surface area contributed by atoms with Crippen LogP contribution in [0.1, 0.15) is 11.1 Å². The van der Waals surface area contributed by atoms with Gasteiger partial charge < -0.3 is 21.0 Å². The van der Waals surface area contributed by atoms with Gasteiger partial charge >= 0.3 is 0 Å². The molecule has 0 atom stereocenters. The van der Waals surface area contributed by atoms with Crippen molar-refractivity contribution in [1.29, 1.82) is 5.41 Å². The molecule has 2 heterocycles. The zero-order valence-corrected chi connectivity index (χ0v) is 25.0. The van der Waals surface area contributed by atoms with Crippen molar-refractivity contribution in [2.24, 2.45) is 5.73 Å². The van der Waals surface area contributed by atoms with Gasteiger partial charge in [-0.15, -0.1) is 0 Å². The van der Waals surface area contributed by atoms with Gasteiger partial charge in [-0.25, -0.2) is 0 Å². The molecule has 0 bridgehead atoms. The molecule has 0 fully saturated rings. The number of hydrogen-bond acceptors (Lipinski definition) is 3. The summed E-state index contributed by atoms with van der Waals surface area (Å²) in [6.45, 7) is 4.44. The van der Waals surface area contributed by atoms with E-state index in [1.165, 1.54) is 60.8 Å². The lowest BCUT2D eigenvalue weighted by molar-refractivity contribution is 0.957. The lowest BCUT2D eigenvalue weighted by atomic mass is 9.98. The first kappa shape index (κ1) is 27.9. The third kappa shape index (κ3) is 5.07. The number of nitrogens with two attached hydrogens (primary N) is 1. The van der Waals surface area contributed by atoms with E-state index < -0.39 is 0 Å². The van der Waals surface area contributed by atoms with E-state index in [1.54, 1.807) is 12.3 Å². The van der Waals surface area contributed by atoms with Crippen molar-refractivity contribution < 1.29 is 0 Å². The van der Waals surface area contributed by atoms with Gasteiger partial charge in [-0.1, -0.05) is 110 Å². The number of hydrogen-bond donors (Lipinski definition) is 3. The Bertz CT molecular complexity index is 2280. The summed E-state index contributed by atoms with van der Waals surface area (Å²) in [5.41, 5.74) is 14.5. The molecule has 4 nitrogen and oxygen atoms in total. The van der Waals surface area contributed by atoms with E-state index in [9.17, 15) is 0 Å². The molecule has 1 aliphatic heterocycles. The minimum atomic E-state index is 0.660. The van der Waals surface area contributed by atoms with Crippen molar-refractivity contribution in [1.82, 2.24) is 9.88 Å². The Labute approximate surface area is 263 Å². The third-order valence-corrected chi connectivity index (χ3v) is 8.58. The predicted molar refractivity (Wildman–Crippen MR) is 193 cm³/mol. The summed E-state index contributed by atoms with van der Waals surface area (Å²) in [6.07, 6.45) is 17.5. The molecule has 0 radical (unpaired) electrons. The smallest absolute Gasteiger partial charge is 0.0619 e. The summed E-state index contributed by atoms with van der Waals surface area (Å²) >= 11 is 0. The van der Waals surface area contributed by atoms with Crippen LogP contribution in [-0.4, -0.2) is 17.3 Å². The summed E-state index contributed by atoms with van der Waals surface area (Å²) in [4.78, 5) is 0. The summed E-state index contributed by atoms with van der Waals surface area (Å²) in [5, 5.41) is 18.6. The molecule has 45 heavy (non-hydrogen) atoms. The Kier molecular flexibility index (Phi) is 7.46. The molecular formula is C41H34N4. The standard InChI is InChI=1S/C41H34N4/c1-2-9-32(26-43)33-18-22-38(44-27-33)31-17-20-35-30(25-31)16-21-37-36-19-15-28(10-4-3-7-23-42)24-40(36)45(41(35)37)39-14-8-12-29-11-5-6-13-34(29)39/h2-9,11-26,43-44H,1,10,27,42H2/b4-3-,23-7-,32-9+,43-26?. The molecule has 6 aromatic rings. The second-order valence-corrected chi connectivity index (χ2v) is 11.2. The summed E-state index contributed by atoms with van der Waals surface area (Å²) in [7, 11) is 0. The first-order valence-corrected chi connectivity index (χ1v) is 15.2. The van der Waals surface area contributed by atoms with Crippen LogP contribution in [0.2, 0.25) is 0 Å². The first-order valence-electron chi connectivity index (χ1n) is 15.2. The fourth-order valence-electron chi connectivity index (χ4n) is 6.44. The number of aromatic nitrogens is 1. The van der Waals surface area contributed by atoms with Gasteiger partial charge in [0.2, 0.25) is 0 Å². The van der Waals surface area contributed by atoms with Crippen LogP contribution in [-0.2, 0) is 6.42 Å². The van der Waals surface area contributed by atoms with Gasteiger partial charge in [0.1, 0.15) is 0 Å². The molecule has 5 aromatic carbocycles. The number of allylic oxidation sites excluding steroid dienone is 7. The van der Waals surface area contributed by atoms with Crippen LogP contribution in [0.15, 0.2) is 157 Å². The maximum absolute atomic E-state index is 7.75. The number of nitrogens with one attached hydrogen (secondary N) is 2. The zero-order chi connectivity index (χ0) is 30.8. The number of dihydropyridines is 1. The van der Waals surface area contributed by atoms with E-state index in [4.69, 9.17) is 11.1 Å². The average molecular weight is 583 g/mol. The maximum atomic E-state index is 7.75. The summed E-state index contributed by atoms with van der Waals surface area (Å²) in [5.74, 6) is 0. The van der Waals surface area contributed by atoms with Gasteiger partial charge in [-0.05, 0) is 76.0 Å². The molecule has 218 valence electrons. The first-order chi connectivity index (χ1) is 22.2.